The molecular weight excluding hydrogens is 220 g/mol. The van der Waals surface area contributed by atoms with E-state index in [4.69, 9.17) is 16.9 Å². The Hall–Kier alpha value is -1.05. The molecule has 1 aromatic heterocycles. The van der Waals surface area contributed by atoms with Crippen LogP contribution >= 0.6 is 22.9 Å². The molecule has 74 valence electrons. The predicted molar refractivity (Wildman–Crippen MR) is 56.4 cm³/mol. The second kappa shape index (κ2) is 4.99. The van der Waals surface area contributed by atoms with Crippen molar-refractivity contribution in [2.45, 2.75) is 6.92 Å². The summed E-state index contributed by atoms with van der Waals surface area (Å²) in [6.07, 6.45) is 0. The molecule has 5 heteroatoms. The molecule has 0 bridgehead atoms. The van der Waals surface area contributed by atoms with E-state index in [-0.39, 0.29) is 11.8 Å². The van der Waals surface area contributed by atoms with Crippen molar-refractivity contribution in [3.8, 4) is 6.07 Å². The Bertz CT molecular complexity index is 369. The van der Waals surface area contributed by atoms with Gasteiger partial charge in [-0.2, -0.15) is 5.26 Å². The summed E-state index contributed by atoms with van der Waals surface area (Å²) >= 11 is 7.06. The molecule has 0 fully saturated rings. The van der Waals surface area contributed by atoms with Gasteiger partial charge >= 0.3 is 0 Å². The molecule has 1 heterocycles. The summed E-state index contributed by atoms with van der Waals surface area (Å²) in [6.45, 7) is 2.10. The fourth-order valence-electron chi connectivity index (χ4n) is 0.827. The van der Waals surface area contributed by atoms with E-state index in [1.165, 1.54) is 11.3 Å². The zero-order valence-corrected chi connectivity index (χ0v) is 9.15. The van der Waals surface area contributed by atoms with E-state index < -0.39 is 0 Å². The number of thiophene rings is 1. The minimum Gasteiger partial charge on any atom is -0.350 e. The van der Waals surface area contributed by atoms with Gasteiger partial charge in [-0.15, -0.1) is 11.3 Å². The molecule has 0 spiro atoms. The Labute approximate surface area is 91.3 Å². The lowest BCUT2D eigenvalue weighted by atomic mass is 10.2. The third-order valence-electron chi connectivity index (χ3n) is 1.61. The lowest BCUT2D eigenvalue weighted by Crippen LogP contribution is -2.27. The fourth-order valence-corrected chi connectivity index (χ4v) is 1.88. The zero-order chi connectivity index (χ0) is 10.6. The maximum absolute atomic E-state index is 11.5. The number of nitriles is 1. The summed E-state index contributed by atoms with van der Waals surface area (Å²) in [7, 11) is 0. The van der Waals surface area contributed by atoms with Crippen molar-refractivity contribution >= 4 is 28.8 Å². The number of carbonyl (C=O) groups excluding carboxylic acids is 1. The van der Waals surface area contributed by atoms with E-state index in [1.54, 1.807) is 18.4 Å². The molecule has 1 aromatic rings. The third-order valence-corrected chi connectivity index (χ3v) is 2.95. The predicted octanol–water partition coefficient (Wildman–Crippen LogP) is 2.29. The van der Waals surface area contributed by atoms with Gasteiger partial charge in [-0.3, -0.25) is 4.79 Å². The van der Waals surface area contributed by atoms with Crippen molar-refractivity contribution in [2.24, 2.45) is 5.92 Å². The summed E-state index contributed by atoms with van der Waals surface area (Å²) in [5, 5.41) is 13.4. The highest BCUT2D eigenvalue weighted by Gasteiger charge is 2.11. The van der Waals surface area contributed by atoms with Crippen LogP contribution < -0.4 is 5.32 Å². The first-order valence-corrected chi connectivity index (χ1v) is 5.31. The van der Waals surface area contributed by atoms with Crippen LogP contribution in [0.1, 0.15) is 16.6 Å². The maximum atomic E-state index is 11.5. The van der Waals surface area contributed by atoms with Crippen molar-refractivity contribution in [3.05, 3.63) is 21.3 Å². The molecule has 1 atom stereocenters. The molecule has 1 amide bonds. The van der Waals surface area contributed by atoms with E-state index in [0.29, 0.717) is 16.4 Å². The number of nitrogens with one attached hydrogen (secondary N) is 1. The molecule has 0 aliphatic rings. The van der Waals surface area contributed by atoms with Crippen molar-refractivity contribution < 1.29 is 4.79 Å². The van der Waals surface area contributed by atoms with Gasteiger partial charge in [-0.05, 0) is 18.4 Å². The summed E-state index contributed by atoms with van der Waals surface area (Å²) in [5.74, 6) is -0.398. The SMILES string of the molecule is CC(C#N)CNC(=O)c1sccc1Cl. The Morgan fingerprint density at radius 3 is 3.07 bits per heavy atom. The van der Waals surface area contributed by atoms with Gasteiger partial charge in [0, 0.05) is 6.54 Å². The van der Waals surface area contributed by atoms with Crippen LogP contribution in [0.4, 0.5) is 0 Å². The monoisotopic (exact) mass is 228 g/mol. The molecule has 0 saturated heterocycles. The third kappa shape index (κ3) is 2.72. The van der Waals surface area contributed by atoms with Crippen molar-refractivity contribution in [1.82, 2.24) is 5.32 Å². The van der Waals surface area contributed by atoms with E-state index in [0.717, 1.165) is 0 Å². The van der Waals surface area contributed by atoms with Gasteiger partial charge in [0.15, 0.2) is 0 Å². The Morgan fingerprint density at radius 1 is 1.86 bits per heavy atom. The minimum absolute atomic E-state index is 0.183. The van der Waals surface area contributed by atoms with Crippen molar-refractivity contribution in [2.75, 3.05) is 6.54 Å². The van der Waals surface area contributed by atoms with E-state index in [9.17, 15) is 4.79 Å². The van der Waals surface area contributed by atoms with E-state index in [1.807, 2.05) is 6.07 Å². The average Bonchev–Trinajstić information content (AvgIpc) is 2.60. The molecule has 14 heavy (non-hydrogen) atoms. The standard InChI is InChI=1S/C9H9ClN2OS/c1-6(4-11)5-12-9(13)8-7(10)2-3-14-8/h2-3,6H,5H2,1H3,(H,12,13). The largest absolute Gasteiger partial charge is 0.350 e. The van der Waals surface area contributed by atoms with Gasteiger partial charge in [0.1, 0.15) is 4.88 Å². The number of nitrogens with zero attached hydrogens (tertiary/aromatic N) is 1. The first-order chi connectivity index (χ1) is 6.65. The molecule has 1 N–H and O–H groups in total. The number of rotatable bonds is 3. The first-order valence-electron chi connectivity index (χ1n) is 4.06. The van der Waals surface area contributed by atoms with Crippen LogP contribution in [0.3, 0.4) is 0 Å². The number of halogens is 1. The molecular formula is C9H9ClN2OS. The molecule has 0 saturated carbocycles. The molecule has 0 aliphatic carbocycles. The van der Waals surface area contributed by atoms with E-state index in [2.05, 4.69) is 5.32 Å². The maximum Gasteiger partial charge on any atom is 0.262 e. The smallest absolute Gasteiger partial charge is 0.262 e. The van der Waals surface area contributed by atoms with Gasteiger partial charge in [-0.25, -0.2) is 0 Å². The van der Waals surface area contributed by atoms with Gasteiger partial charge < -0.3 is 5.32 Å². The molecule has 3 nitrogen and oxygen atoms in total. The highest BCUT2D eigenvalue weighted by atomic mass is 35.5. The second-order valence-corrected chi connectivity index (χ2v) is 4.16. The Morgan fingerprint density at radius 2 is 2.57 bits per heavy atom. The second-order valence-electron chi connectivity index (χ2n) is 2.84. The number of carbonyl (C=O) groups is 1. The number of hydrogen-bond donors (Lipinski definition) is 1. The lowest BCUT2D eigenvalue weighted by molar-refractivity contribution is 0.0955. The topological polar surface area (TPSA) is 52.9 Å². The Kier molecular flexibility index (Phi) is 3.93. The minimum atomic E-state index is -0.216. The van der Waals surface area contributed by atoms with Crippen LogP contribution in [0.25, 0.3) is 0 Å². The lowest BCUT2D eigenvalue weighted by Gasteiger charge is -2.04. The molecule has 0 aromatic carbocycles. The first kappa shape index (κ1) is 11.0. The molecule has 0 radical (unpaired) electrons. The van der Waals surface area contributed by atoms with Gasteiger partial charge in [0.05, 0.1) is 17.0 Å². The van der Waals surface area contributed by atoms with Crippen LogP contribution in [0.15, 0.2) is 11.4 Å². The van der Waals surface area contributed by atoms with Crippen LogP contribution in [0.2, 0.25) is 5.02 Å². The highest BCUT2D eigenvalue weighted by molar-refractivity contribution is 7.12. The van der Waals surface area contributed by atoms with E-state index >= 15 is 0 Å². The average molecular weight is 229 g/mol. The van der Waals surface area contributed by atoms with Gasteiger partial charge in [-0.1, -0.05) is 11.6 Å². The van der Waals surface area contributed by atoms with Gasteiger partial charge in [0.25, 0.3) is 5.91 Å². The quantitative estimate of drug-likeness (QED) is 0.863. The fraction of sp³-hybridized carbons (Fsp3) is 0.333. The van der Waals surface area contributed by atoms with Crippen LogP contribution in [-0.2, 0) is 0 Å². The van der Waals surface area contributed by atoms with Crippen LogP contribution in [-0.4, -0.2) is 12.5 Å². The molecule has 0 aliphatic heterocycles. The normalized spacial score (nSPS) is 11.8. The highest BCUT2D eigenvalue weighted by Crippen LogP contribution is 2.21. The Balaban J connectivity index is 2.53. The van der Waals surface area contributed by atoms with Crippen LogP contribution in [0.5, 0.6) is 0 Å². The van der Waals surface area contributed by atoms with Crippen molar-refractivity contribution in [1.29, 1.82) is 5.26 Å². The summed E-state index contributed by atoms with van der Waals surface area (Å²) in [5.41, 5.74) is 0. The molecule has 1 rings (SSSR count). The summed E-state index contributed by atoms with van der Waals surface area (Å²) < 4.78 is 0. The van der Waals surface area contributed by atoms with Gasteiger partial charge in [0.2, 0.25) is 0 Å². The number of amides is 1. The van der Waals surface area contributed by atoms with Crippen molar-refractivity contribution in [3.63, 3.8) is 0 Å². The zero-order valence-electron chi connectivity index (χ0n) is 7.58. The van der Waals surface area contributed by atoms with Crippen LogP contribution in [0, 0.1) is 17.2 Å². The number of hydrogen-bond acceptors (Lipinski definition) is 3. The summed E-state index contributed by atoms with van der Waals surface area (Å²) in [4.78, 5) is 11.9. The summed E-state index contributed by atoms with van der Waals surface area (Å²) in [6, 6.07) is 3.71. The molecule has 1 unspecified atom stereocenters.